The molecule has 2 heterocycles. The highest BCUT2D eigenvalue weighted by Gasteiger charge is 2.44. The molecule has 1 aliphatic heterocycles. The third kappa shape index (κ3) is 3.66. The molecule has 0 aromatic carbocycles. The van der Waals surface area contributed by atoms with Gasteiger partial charge in [-0.05, 0) is 0 Å². The molecule has 21 heavy (non-hydrogen) atoms. The fraction of sp³-hybridized carbons (Fsp3) is 0.556. The summed E-state index contributed by atoms with van der Waals surface area (Å²) in [5, 5.41) is 19.6. The number of rotatable bonds is 4. The van der Waals surface area contributed by atoms with Gasteiger partial charge in [0.05, 0.1) is 6.61 Å². The third-order valence-electron chi connectivity index (χ3n) is 2.87. The molecule has 0 radical (unpaired) electrons. The van der Waals surface area contributed by atoms with E-state index >= 15 is 0 Å². The second-order valence-corrected chi connectivity index (χ2v) is 5.59. The molecule has 118 valence electrons. The lowest BCUT2D eigenvalue weighted by molar-refractivity contribution is -0.0543. The molecule has 0 aliphatic carbocycles. The van der Waals surface area contributed by atoms with E-state index in [0.717, 1.165) is 16.8 Å². The van der Waals surface area contributed by atoms with Gasteiger partial charge < -0.3 is 24.7 Å². The number of aliphatic hydroxyl groups is 2. The van der Waals surface area contributed by atoms with Crippen LogP contribution in [0.1, 0.15) is 6.23 Å². The lowest BCUT2D eigenvalue weighted by Crippen LogP contribution is -2.37. The minimum atomic E-state index is -4.76. The Morgan fingerprint density at radius 2 is 2.00 bits per heavy atom. The quantitative estimate of drug-likeness (QED) is 0.289. The van der Waals surface area contributed by atoms with Crippen LogP contribution in [0.5, 0.6) is 0 Å². The number of ether oxygens (including phenoxy) is 1. The number of H-pyrrole nitrogens is 1. The number of phosphoric acid groups is 1. The van der Waals surface area contributed by atoms with Gasteiger partial charge in [0, 0.05) is 12.3 Å². The van der Waals surface area contributed by atoms with Gasteiger partial charge in [-0.2, -0.15) is 0 Å². The van der Waals surface area contributed by atoms with Crippen molar-refractivity contribution < 1.29 is 33.8 Å². The standard InChI is InChI=1S/C9H13N2O9P/c12-5-1-2-11(9(15)10-5)8-7(14)6(13)4(20-8)3-19-21(16,17)18/h1-2,4,6-8,13-14H,3H2,(H,10,12,15)(H2,16,17,18)/t4-,6+,7?,8-/m1/s1/i1+1,2+1,3+1,4+1,5+1,6+1,7+1,8+1,9+1. The summed E-state index contributed by atoms with van der Waals surface area (Å²) in [5.74, 6) is 0. The molecule has 0 amide bonds. The van der Waals surface area contributed by atoms with E-state index in [1.54, 1.807) is 0 Å². The van der Waals surface area contributed by atoms with E-state index in [9.17, 15) is 24.4 Å². The molecule has 0 saturated carbocycles. The number of nitrogens with one attached hydrogen (secondary N) is 1. The highest BCUT2D eigenvalue weighted by atomic mass is 31.2. The summed E-state index contributed by atoms with van der Waals surface area (Å²) in [6, 6.07) is 1.02. The number of aromatic amines is 1. The Labute approximate surface area is 116 Å². The van der Waals surface area contributed by atoms with Crippen molar-refractivity contribution in [3.8, 4) is 0 Å². The summed E-state index contributed by atoms with van der Waals surface area (Å²) < 4.78 is 20.8. The maximum Gasteiger partial charge on any atom is 0.469 e. The first-order valence-electron chi connectivity index (χ1n) is 5.72. The number of hydrogen-bond acceptors (Lipinski definition) is 7. The monoisotopic (exact) mass is 333 g/mol. The molecule has 0 bridgehead atoms. The largest absolute Gasteiger partial charge is 0.469 e. The van der Waals surface area contributed by atoms with E-state index in [-0.39, 0.29) is 0 Å². The van der Waals surface area contributed by atoms with Crippen molar-refractivity contribution in [1.29, 1.82) is 0 Å². The molecule has 2 rings (SSSR count). The van der Waals surface area contributed by atoms with Crippen molar-refractivity contribution in [2.45, 2.75) is 24.5 Å². The van der Waals surface area contributed by atoms with E-state index in [0.29, 0.717) is 0 Å². The molecule has 5 N–H and O–H groups in total. The van der Waals surface area contributed by atoms with Gasteiger partial charge in [-0.15, -0.1) is 0 Å². The third-order valence-corrected chi connectivity index (χ3v) is 3.35. The van der Waals surface area contributed by atoms with Crippen LogP contribution in [0.15, 0.2) is 21.9 Å². The normalized spacial score (nSPS) is 29.7. The van der Waals surface area contributed by atoms with E-state index in [2.05, 4.69) is 4.52 Å². The van der Waals surface area contributed by atoms with E-state index in [1.807, 2.05) is 4.98 Å². The number of aromatic nitrogens is 2. The molecular weight excluding hydrogens is 320 g/mol. The van der Waals surface area contributed by atoms with E-state index in [1.165, 1.54) is 0 Å². The Balaban J connectivity index is 2.18. The van der Waals surface area contributed by atoms with Crippen LogP contribution in [-0.2, 0) is 13.8 Å². The summed E-state index contributed by atoms with van der Waals surface area (Å²) in [7, 11) is -4.76. The molecule has 1 fully saturated rings. The Kier molecular flexibility index (Phi) is 4.44. The van der Waals surface area contributed by atoms with Gasteiger partial charge in [0.25, 0.3) is 5.56 Å². The van der Waals surface area contributed by atoms with Crippen molar-refractivity contribution in [3.63, 3.8) is 0 Å². The first-order chi connectivity index (χ1) is 9.69. The minimum Gasteiger partial charge on any atom is -0.387 e. The second kappa shape index (κ2) is 5.81. The maximum absolute atomic E-state index is 11.6. The molecule has 4 atom stereocenters. The van der Waals surface area contributed by atoms with Crippen molar-refractivity contribution in [3.05, 3.63) is 33.1 Å². The number of hydrogen-bond donors (Lipinski definition) is 5. The zero-order chi connectivity index (χ0) is 15.8. The van der Waals surface area contributed by atoms with Crippen LogP contribution in [0, 0.1) is 0 Å². The number of nitrogens with zero attached hydrogens (tertiary/aromatic N) is 1. The smallest absolute Gasteiger partial charge is 0.387 e. The molecule has 12 heteroatoms. The molecule has 1 saturated heterocycles. The summed E-state index contributed by atoms with van der Waals surface area (Å²) in [6.45, 7) is -0.683. The van der Waals surface area contributed by atoms with E-state index in [4.69, 9.17) is 14.5 Å². The van der Waals surface area contributed by atoms with Crippen LogP contribution in [-0.4, -0.2) is 54.5 Å². The average Bonchev–Trinajstić information content (AvgIpc) is 2.64. The van der Waals surface area contributed by atoms with Crippen LogP contribution in [0.2, 0.25) is 0 Å². The number of aliphatic hydroxyl groups excluding tert-OH is 2. The zero-order valence-corrected chi connectivity index (χ0v) is 11.3. The van der Waals surface area contributed by atoms with Crippen LogP contribution < -0.4 is 11.2 Å². The van der Waals surface area contributed by atoms with E-state index < -0.39 is 50.2 Å². The molecule has 1 aromatic rings. The van der Waals surface area contributed by atoms with Crippen molar-refractivity contribution in [2.24, 2.45) is 0 Å². The Bertz CT molecular complexity index is 664. The maximum atomic E-state index is 11.6. The topological polar surface area (TPSA) is 171 Å². The van der Waals surface area contributed by atoms with Gasteiger partial charge in [-0.1, -0.05) is 0 Å². The van der Waals surface area contributed by atoms with Gasteiger partial charge in [-0.25, -0.2) is 9.36 Å². The summed E-state index contributed by atoms with van der Waals surface area (Å²) >= 11 is 0. The van der Waals surface area contributed by atoms with Crippen LogP contribution in [0.4, 0.5) is 0 Å². The highest BCUT2D eigenvalue weighted by molar-refractivity contribution is 7.46. The lowest BCUT2D eigenvalue weighted by Gasteiger charge is -2.16. The summed E-state index contributed by atoms with van der Waals surface area (Å²) in [5.41, 5.74) is -1.51. The Hall–Kier alpha value is -1.33. The van der Waals surface area contributed by atoms with Gasteiger partial charge in [0.2, 0.25) is 0 Å². The molecule has 1 aromatic heterocycles. The Morgan fingerprint density at radius 3 is 2.57 bits per heavy atom. The fourth-order valence-corrected chi connectivity index (χ4v) is 2.24. The molecule has 1 unspecified atom stereocenters. The first kappa shape index (κ1) is 16.0. The predicted octanol–water partition coefficient (Wildman–Crippen LogP) is -2.73. The van der Waals surface area contributed by atoms with Crippen LogP contribution >= 0.6 is 7.82 Å². The lowest BCUT2D eigenvalue weighted by atomic mass is 11.1. The molecule has 11 nitrogen and oxygen atoms in total. The number of phosphoric ester groups is 1. The average molecular weight is 333 g/mol. The molecular formula is C9H13N2O9P. The van der Waals surface area contributed by atoms with Crippen LogP contribution in [0.3, 0.4) is 0 Å². The predicted molar refractivity (Wildman–Crippen MR) is 65.2 cm³/mol. The van der Waals surface area contributed by atoms with Gasteiger partial charge >= 0.3 is 13.5 Å². The Morgan fingerprint density at radius 1 is 1.33 bits per heavy atom. The first-order valence-corrected chi connectivity index (χ1v) is 7.25. The van der Waals surface area contributed by atoms with Crippen molar-refractivity contribution in [2.75, 3.05) is 6.61 Å². The van der Waals surface area contributed by atoms with Gasteiger partial charge in [0.1, 0.15) is 18.3 Å². The summed E-state index contributed by atoms with van der Waals surface area (Å²) in [4.78, 5) is 41.6. The second-order valence-electron chi connectivity index (χ2n) is 4.35. The zero-order valence-electron chi connectivity index (χ0n) is 10.4. The van der Waals surface area contributed by atoms with Gasteiger partial charge in [-0.3, -0.25) is 18.9 Å². The summed E-state index contributed by atoms with van der Waals surface area (Å²) in [6.07, 6.45) is -4.58. The van der Waals surface area contributed by atoms with Crippen LogP contribution in [0.25, 0.3) is 0 Å². The van der Waals surface area contributed by atoms with Gasteiger partial charge in [0.15, 0.2) is 6.23 Å². The molecule has 1 aliphatic rings. The fourth-order valence-electron chi connectivity index (χ4n) is 1.89. The minimum absolute atomic E-state index is 0.648. The van der Waals surface area contributed by atoms with Crippen molar-refractivity contribution >= 4 is 7.82 Å². The SMILES string of the molecule is O=[13c]1[13cH][13cH]n([13C@@H]2O[13C@H]([13CH2]OP(=O)(O)O)[13C@H](O)[13CH]2O)[13c](=O)[nH]1. The molecule has 0 spiro atoms. The van der Waals surface area contributed by atoms with Crippen molar-refractivity contribution in [1.82, 2.24) is 9.55 Å². The highest BCUT2D eigenvalue weighted by Crippen LogP contribution is 2.38.